The summed E-state index contributed by atoms with van der Waals surface area (Å²) in [6.07, 6.45) is 1.05. The largest absolute Gasteiger partial charge is 0.480 e. The van der Waals surface area contributed by atoms with Gasteiger partial charge in [-0.05, 0) is 35.1 Å². The third kappa shape index (κ3) is 5.10. The van der Waals surface area contributed by atoms with Crippen LogP contribution in [0.25, 0.3) is 11.1 Å². The molecule has 2 aromatic rings. The number of hydrogen-bond donors (Lipinski definition) is 1. The summed E-state index contributed by atoms with van der Waals surface area (Å²) in [5.74, 6) is -1.17. The second-order valence-corrected chi connectivity index (χ2v) is 8.30. The Balaban J connectivity index is 1.60. The number of ether oxygens (including phenoxy) is 1. The second-order valence-electron chi connectivity index (χ2n) is 8.30. The van der Waals surface area contributed by atoms with Crippen molar-refractivity contribution in [3.63, 3.8) is 0 Å². The fourth-order valence-corrected chi connectivity index (χ4v) is 4.14. The summed E-state index contributed by atoms with van der Waals surface area (Å²) >= 11 is 0. The predicted molar refractivity (Wildman–Crippen MR) is 121 cm³/mol. The first-order chi connectivity index (χ1) is 15.3. The molecule has 0 unspecified atom stereocenters. The molecule has 2 aromatic carbocycles. The van der Waals surface area contributed by atoms with E-state index < -0.39 is 18.1 Å². The highest BCUT2D eigenvalue weighted by Crippen LogP contribution is 2.44. The third-order valence-corrected chi connectivity index (χ3v) is 5.99. The number of fused-ring (bicyclic) bond motifs is 3. The topological polar surface area (TPSA) is 87.2 Å². The summed E-state index contributed by atoms with van der Waals surface area (Å²) in [6, 6.07) is 15.1. The van der Waals surface area contributed by atoms with Crippen LogP contribution in [0, 0.1) is 0 Å². The predicted octanol–water partition coefficient (Wildman–Crippen LogP) is 3.97. The van der Waals surface area contributed by atoms with E-state index in [2.05, 4.69) is 12.1 Å². The molecule has 170 valence electrons. The highest BCUT2D eigenvalue weighted by molar-refractivity contribution is 5.81. The number of amides is 2. The highest BCUT2D eigenvalue weighted by Gasteiger charge is 2.31. The Labute approximate surface area is 188 Å². The summed E-state index contributed by atoms with van der Waals surface area (Å²) < 4.78 is 5.57. The summed E-state index contributed by atoms with van der Waals surface area (Å²) in [4.78, 5) is 38.8. The molecule has 1 N–H and O–H groups in total. The molecule has 0 bridgehead atoms. The maximum Gasteiger partial charge on any atom is 0.410 e. The Bertz CT molecular complexity index is 942. The summed E-state index contributed by atoms with van der Waals surface area (Å²) in [5, 5.41) is 9.60. The van der Waals surface area contributed by atoms with Gasteiger partial charge in [-0.3, -0.25) is 9.69 Å². The quantitative estimate of drug-likeness (QED) is 0.599. The van der Waals surface area contributed by atoms with E-state index in [1.807, 2.05) is 36.4 Å². The Morgan fingerprint density at radius 3 is 2.03 bits per heavy atom. The number of aliphatic carboxylic acids is 1. The van der Waals surface area contributed by atoms with Gasteiger partial charge >= 0.3 is 12.1 Å². The van der Waals surface area contributed by atoms with Gasteiger partial charge in [-0.1, -0.05) is 55.0 Å². The lowest BCUT2D eigenvalue weighted by Gasteiger charge is -2.25. The Hall–Kier alpha value is -3.35. The number of carboxylic acid groups (broad SMARTS) is 1. The SMILES string of the molecule is CN(C)C(=O)CCCC[C@@H](C(=O)O)N(C)C(=O)OCC1c2ccccc2-c2ccccc21. The third-order valence-electron chi connectivity index (χ3n) is 5.99. The summed E-state index contributed by atoms with van der Waals surface area (Å²) in [7, 11) is 4.82. The molecule has 0 fully saturated rings. The molecule has 1 aliphatic carbocycles. The van der Waals surface area contributed by atoms with Crippen molar-refractivity contribution < 1.29 is 24.2 Å². The molecular weight excluding hydrogens is 408 g/mol. The first-order valence-electron chi connectivity index (χ1n) is 10.8. The second kappa shape index (κ2) is 10.3. The Morgan fingerprint density at radius 1 is 0.938 bits per heavy atom. The van der Waals surface area contributed by atoms with Gasteiger partial charge in [0.25, 0.3) is 0 Å². The number of carbonyl (C=O) groups excluding carboxylic acids is 2. The zero-order chi connectivity index (χ0) is 23.3. The van der Waals surface area contributed by atoms with E-state index in [-0.39, 0.29) is 24.9 Å². The molecule has 0 radical (unpaired) electrons. The van der Waals surface area contributed by atoms with Crippen molar-refractivity contribution in [1.82, 2.24) is 9.80 Å². The van der Waals surface area contributed by atoms with Crippen molar-refractivity contribution in [2.24, 2.45) is 0 Å². The molecule has 3 rings (SSSR count). The lowest BCUT2D eigenvalue weighted by atomic mass is 9.98. The van der Waals surface area contributed by atoms with Crippen LogP contribution >= 0.6 is 0 Å². The molecule has 0 saturated carbocycles. The van der Waals surface area contributed by atoms with Gasteiger partial charge in [-0.25, -0.2) is 9.59 Å². The van der Waals surface area contributed by atoms with Crippen molar-refractivity contribution in [3.8, 4) is 11.1 Å². The molecular formula is C25H30N2O5. The molecule has 2 amide bonds. The molecule has 7 heteroatoms. The van der Waals surface area contributed by atoms with E-state index in [1.165, 1.54) is 11.9 Å². The van der Waals surface area contributed by atoms with E-state index in [9.17, 15) is 19.5 Å². The van der Waals surface area contributed by atoms with Crippen molar-refractivity contribution in [1.29, 1.82) is 0 Å². The van der Waals surface area contributed by atoms with Crippen LogP contribution in [0.15, 0.2) is 48.5 Å². The normalized spacial score (nSPS) is 13.1. The fraction of sp³-hybridized carbons (Fsp3) is 0.400. The molecule has 0 saturated heterocycles. The van der Waals surface area contributed by atoms with Crippen molar-refractivity contribution in [2.45, 2.75) is 37.6 Å². The highest BCUT2D eigenvalue weighted by atomic mass is 16.6. The van der Waals surface area contributed by atoms with Crippen LogP contribution in [-0.2, 0) is 14.3 Å². The molecule has 1 aliphatic rings. The minimum atomic E-state index is -1.08. The Morgan fingerprint density at radius 2 is 1.50 bits per heavy atom. The van der Waals surface area contributed by atoms with Crippen molar-refractivity contribution >= 4 is 18.0 Å². The number of carboxylic acids is 1. The number of hydrogen-bond acceptors (Lipinski definition) is 4. The van der Waals surface area contributed by atoms with Gasteiger partial charge in [-0.2, -0.15) is 0 Å². The summed E-state index contributed by atoms with van der Waals surface area (Å²) in [6.45, 7) is 0.140. The first-order valence-corrected chi connectivity index (χ1v) is 10.8. The molecule has 0 aromatic heterocycles. The molecule has 32 heavy (non-hydrogen) atoms. The fourth-order valence-electron chi connectivity index (χ4n) is 4.14. The van der Waals surface area contributed by atoms with Gasteiger partial charge in [0, 0.05) is 33.5 Å². The molecule has 7 nitrogen and oxygen atoms in total. The zero-order valence-corrected chi connectivity index (χ0v) is 18.8. The van der Waals surface area contributed by atoms with E-state index in [1.54, 1.807) is 14.1 Å². The van der Waals surface area contributed by atoms with Crippen LogP contribution < -0.4 is 0 Å². The first kappa shape index (κ1) is 23.3. The van der Waals surface area contributed by atoms with Gasteiger partial charge in [-0.15, -0.1) is 0 Å². The Kier molecular flexibility index (Phi) is 7.51. The molecule has 1 atom stereocenters. The van der Waals surface area contributed by atoms with Crippen molar-refractivity contribution in [3.05, 3.63) is 59.7 Å². The van der Waals surface area contributed by atoms with Gasteiger partial charge < -0.3 is 14.7 Å². The molecule has 0 spiro atoms. The summed E-state index contributed by atoms with van der Waals surface area (Å²) in [5.41, 5.74) is 4.47. The van der Waals surface area contributed by atoms with E-state index in [0.29, 0.717) is 19.3 Å². The maximum atomic E-state index is 12.7. The van der Waals surface area contributed by atoms with Crippen LogP contribution in [0.5, 0.6) is 0 Å². The number of unbranched alkanes of at least 4 members (excludes halogenated alkanes) is 1. The maximum absolute atomic E-state index is 12.7. The number of nitrogens with zero attached hydrogens (tertiary/aromatic N) is 2. The lowest BCUT2D eigenvalue weighted by Crippen LogP contribution is -2.43. The average molecular weight is 439 g/mol. The monoisotopic (exact) mass is 438 g/mol. The van der Waals surface area contributed by atoms with Crippen molar-refractivity contribution in [2.75, 3.05) is 27.7 Å². The van der Waals surface area contributed by atoms with Gasteiger partial charge in [0.1, 0.15) is 12.6 Å². The number of rotatable bonds is 9. The zero-order valence-electron chi connectivity index (χ0n) is 18.8. The van der Waals surface area contributed by atoms with Crippen LogP contribution in [0.1, 0.15) is 42.7 Å². The number of carbonyl (C=O) groups is 3. The van der Waals surface area contributed by atoms with E-state index >= 15 is 0 Å². The van der Waals surface area contributed by atoms with Gasteiger partial charge in [0.2, 0.25) is 5.91 Å². The van der Waals surface area contributed by atoms with Gasteiger partial charge in [0.05, 0.1) is 0 Å². The lowest BCUT2D eigenvalue weighted by molar-refractivity contribution is -0.142. The number of likely N-dealkylation sites (N-methyl/N-ethyl adjacent to an activating group) is 1. The molecule has 0 aliphatic heterocycles. The minimum Gasteiger partial charge on any atom is -0.480 e. The standard InChI is InChI=1S/C25H30N2O5/c1-26(2)23(28)15-9-8-14-22(24(29)30)27(3)25(31)32-16-21-19-12-6-4-10-17(19)18-11-5-7-13-20(18)21/h4-7,10-13,21-22H,8-9,14-16H2,1-3H3,(H,29,30)/t22-/m0/s1. The van der Waals surface area contributed by atoms with Crippen LogP contribution in [0.4, 0.5) is 4.79 Å². The van der Waals surface area contributed by atoms with E-state index in [4.69, 9.17) is 4.74 Å². The smallest absolute Gasteiger partial charge is 0.410 e. The minimum absolute atomic E-state index is 0.00163. The molecule has 0 heterocycles. The average Bonchev–Trinajstić information content (AvgIpc) is 3.10. The van der Waals surface area contributed by atoms with E-state index in [0.717, 1.165) is 27.2 Å². The number of benzene rings is 2. The van der Waals surface area contributed by atoms with Crippen LogP contribution in [0.3, 0.4) is 0 Å². The van der Waals surface area contributed by atoms with Gasteiger partial charge in [0.15, 0.2) is 0 Å². The van der Waals surface area contributed by atoms with Crippen LogP contribution in [-0.4, -0.2) is 66.7 Å². The van der Waals surface area contributed by atoms with Crippen LogP contribution in [0.2, 0.25) is 0 Å².